The van der Waals surface area contributed by atoms with Crippen LogP contribution in [-0.4, -0.2) is 25.4 Å². The lowest BCUT2D eigenvalue weighted by Gasteiger charge is -2.13. The highest BCUT2D eigenvalue weighted by Crippen LogP contribution is 2.37. The lowest BCUT2D eigenvalue weighted by molar-refractivity contribution is 0.185. The maximum absolute atomic E-state index is 9.23. The molecule has 4 heteroatoms. The monoisotopic (exact) mass is 244 g/mol. The summed E-state index contributed by atoms with van der Waals surface area (Å²) in [5.41, 5.74) is 0.959. The Bertz CT molecular complexity index is 350. The summed E-state index contributed by atoms with van der Waals surface area (Å²) in [6.45, 7) is 1.76. The Morgan fingerprint density at radius 2 is 2.00 bits per heavy atom. The summed E-state index contributed by atoms with van der Waals surface area (Å²) in [4.78, 5) is 0. The normalized spacial score (nSPS) is 12.3. The molecule has 90 valence electrons. The summed E-state index contributed by atoms with van der Waals surface area (Å²) in [5, 5.41) is 9.79. The molecular weight excluding hydrogens is 228 g/mol. The Labute approximate surface area is 101 Å². The van der Waals surface area contributed by atoms with Crippen molar-refractivity contribution in [2.24, 2.45) is 0 Å². The second-order valence-electron chi connectivity index (χ2n) is 3.66. The molecule has 0 aliphatic rings. The summed E-state index contributed by atoms with van der Waals surface area (Å²) in [6.07, 6.45) is 1.07. The fourth-order valence-electron chi connectivity index (χ4n) is 1.49. The molecule has 0 heterocycles. The van der Waals surface area contributed by atoms with Gasteiger partial charge in [-0.1, -0.05) is 17.7 Å². The number of halogens is 1. The van der Waals surface area contributed by atoms with Gasteiger partial charge in [0, 0.05) is 0 Å². The van der Waals surface area contributed by atoms with Gasteiger partial charge in [0.25, 0.3) is 0 Å². The molecule has 0 saturated heterocycles. The van der Waals surface area contributed by atoms with Crippen molar-refractivity contribution in [3.8, 4) is 11.5 Å². The predicted molar refractivity (Wildman–Crippen MR) is 64.6 cm³/mol. The van der Waals surface area contributed by atoms with E-state index in [0.29, 0.717) is 22.9 Å². The Morgan fingerprint density at radius 3 is 2.50 bits per heavy atom. The molecule has 0 saturated carbocycles. The molecule has 1 aromatic rings. The smallest absolute Gasteiger partial charge is 0.179 e. The van der Waals surface area contributed by atoms with Crippen LogP contribution in [0.2, 0.25) is 5.02 Å². The number of aryl methyl sites for hydroxylation is 1. The molecule has 0 aromatic heterocycles. The summed E-state index contributed by atoms with van der Waals surface area (Å²) >= 11 is 6.19. The second kappa shape index (κ2) is 5.97. The van der Waals surface area contributed by atoms with E-state index in [-0.39, 0.29) is 6.10 Å². The molecule has 1 atom stereocenters. The first-order valence-corrected chi connectivity index (χ1v) is 5.55. The number of aliphatic hydroxyl groups excluding tert-OH is 1. The maximum atomic E-state index is 9.23. The van der Waals surface area contributed by atoms with Gasteiger partial charge < -0.3 is 14.6 Å². The zero-order valence-electron chi connectivity index (χ0n) is 9.79. The Hall–Kier alpha value is -0.930. The molecule has 16 heavy (non-hydrogen) atoms. The van der Waals surface area contributed by atoms with Crippen molar-refractivity contribution >= 4 is 11.6 Å². The standard InChI is InChI=1S/C12H17ClO3/c1-8(14)4-5-9-6-7-10(15-2)12(16-3)11(9)13/h6-8,14H,4-5H2,1-3H3/t8-/m0/s1. The third kappa shape index (κ3) is 3.03. The SMILES string of the molecule is COc1ccc(CC[C@H](C)O)c(Cl)c1OC. The van der Waals surface area contributed by atoms with Crippen LogP contribution in [-0.2, 0) is 6.42 Å². The Morgan fingerprint density at radius 1 is 1.31 bits per heavy atom. The van der Waals surface area contributed by atoms with E-state index in [0.717, 1.165) is 12.0 Å². The molecule has 0 aliphatic carbocycles. The van der Waals surface area contributed by atoms with Crippen LogP contribution in [0.4, 0.5) is 0 Å². The number of hydrogen-bond acceptors (Lipinski definition) is 3. The topological polar surface area (TPSA) is 38.7 Å². The van der Waals surface area contributed by atoms with Gasteiger partial charge in [-0.05, 0) is 31.4 Å². The van der Waals surface area contributed by atoms with Crippen molar-refractivity contribution in [3.63, 3.8) is 0 Å². The average molecular weight is 245 g/mol. The van der Waals surface area contributed by atoms with E-state index < -0.39 is 0 Å². The number of methoxy groups -OCH3 is 2. The van der Waals surface area contributed by atoms with Crippen LogP contribution < -0.4 is 9.47 Å². The van der Waals surface area contributed by atoms with Crippen molar-refractivity contribution < 1.29 is 14.6 Å². The van der Waals surface area contributed by atoms with Crippen LogP contribution in [0.1, 0.15) is 18.9 Å². The molecule has 0 radical (unpaired) electrons. The van der Waals surface area contributed by atoms with E-state index in [1.807, 2.05) is 12.1 Å². The quantitative estimate of drug-likeness (QED) is 0.866. The first-order chi connectivity index (χ1) is 7.60. The fraction of sp³-hybridized carbons (Fsp3) is 0.500. The minimum Gasteiger partial charge on any atom is -0.493 e. The average Bonchev–Trinajstić information content (AvgIpc) is 2.26. The summed E-state index contributed by atoms with van der Waals surface area (Å²) in [7, 11) is 3.13. The molecule has 3 nitrogen and oxygen atoms in total. The van der Waals surface area contributed by atoms with E-state index in [1.165, 1.54) is 0 Å². The molecule has 0 fully saturated rings. The fourth-order valence-corrected chi connectivity index (χ4v) is 1.82. The van der Waals surface area contributed by atoms with Gasteiger partial charge in [-0.3, -0.25) is 0 Å². The first-order valence-electron chi connectivity index (χ1n) is 5.17. The van der Waals surface area contributed by atoms with Crippen LogP contribution in [0, 0.1) is 0 Å². The summed E-state index contributed by atoms with van der Waals surface area (Å²) in [6, 6.07) is 3.72. The Balaban J connectivity index is 2.95. The minimum absolute atomic E-state index is 0.329. The second-order valence-corrected chi connectivity index (χ2v) is 4.04. The summed E-state index contributed by atoms with van der Waals surface area (Å²) in [5.74, 6) is 1.17. The number of ether oxygens (including phenoxy) is 2. The van der Waals surface area contributed by atoms with Crippen molar-refractivity contribution in [1.82, 2.24) is 0 Å². The largest absolute Gasteiger partial charge is 0.493 e. The third-order valence-electron chi connectivity index (χ3n) is 2.40. The Kier molecular flexibility index (Phi) is 4.90. The molecular formula is C12H17ClO3. The van der Waals surface area contributed by atoms with E-state index in [4.69, 9.17) is 21.1 Å². The lowest BCUT2D eigenvalue weighted by Crippen LogP contribution is -2.02. The highest BCUT2D eigenvalue weighted by atomic mass is 35.5. The number of rotatable bonds is 5. The van der Waals surface area contributed by atoms with Crippen molar-refractivity contribution in [2.45, 2.75) is 25.9 Å². The molecule has 0 amide bonds. The van der Waals surface area contributed by atoms with Gasteiger partial charge in [0.05, 0.1) is 25.3 Å². The van der Waals surface area contributed by atoms with Gasteiger partial charge in [-0.2, -0.15) is 0 Å². The van der Waals surface area contributed by atoms with E-state index in [9.17, 15) is 5.11 Å². The maximum Gasteiger partial charge on any atom is 0.179 e. The minimum atomic E-state index is -0.329. The molecule has 0 aliphatic heterocycles. The molecule has 0 spiro atoms. The van der Waals surface area contributed by atoms with Crippen molar-refractivity contribution in [1.29, 1.82) is 0 Å². The highest BCUT2D eigenvalue weighted by molar-refractivity contribution is 6.33. The van der Waals surface area contributed by atoms with Gasteiger partial charge in [-0.25, -0.2) is 0 Å². The molecule has 1 N–H and O–H groups in total. The summed E-state index contributed by atoms with van der Waals surface area (Å²) < 4.78 is 10.3. The zero-order chi connectivity index (χ0) is 12.1. The zero-order valence-corrected chi connectivity index (χ0v) is 10.5. The first kappa shape index (κ1) is 13.1. The van der Waals surface area contributed by atoms with Gasteiger partial charge in [0.1, 0.15) is 0 Å². The predicted octanol–water partition coefficient (Wildman–Crippen LogP) is 2.67. The van der Waals surface area contributed by atoms with E-state index >= 15 is 0 Å². The molecule has 1 rings (SSSR count). The van der Waals surface area contributed by atoms with Gasteiger partial charge in [0.2, 0.25) is 0 Å². The number of hydrogen-bond donors (Lipinski definition) is 1. The van der Waals surface area contributed by atoms with Crippen LogP contribution in [0.5, 0.6) is 11.5 Å². The molecule has 0 bridgehead atoms. The number of benzene rings is 1. The molecule has 1 aromatic carbocycles. The van der Waals surface area contributed by atoms with Crippen LogP contribution >= 0.6 is 11.6 Å². The van der Waals surface area contributed by atoms with E-state index in [2.05, 4.69) is 0 Å². The van der Waals surface area contributed by atoms with Crippen molar-refractivity contribution in [2.75, 3.05) is 14.2 Å². The van der Waals surface area contributed by atoms with Gasteiger partial charge in [0.15, 0.2) is 11.5 Å². The van der Waals surface area contributed by atoms with Crippen LogP contribution in [0.3, 0.4) is 0 Å². The van der Waals surface area contributed by atoms with E-state index in [1.54, 1.807) is 21.1 Å². The van der Waals surface area contributed by atoms with Crippen LogP contribution in [0.15, 0.2) is 12.1 Å². The number of aliphatic hydroxyl groups is 1. The molecule has 0 unspecified atom stereocenters. The highest BCUT2D eigenvalue weighted by Gasteiger charge is 2.13. The lowest BCUT2D eigenvalue weighted by atomic mass is 10.1. The van der Waals surface area contributed by atoms with Crippen LogP contribution in [0.25, 0.3) is 0 Å². The van der Waals surface area contributed by atoms with Gasteiger partial charge in [-0.15, -0.1) is 0 Å². The third-order valence-corrected chi connectivity index (χ3v) is 2.81. The van der Waals surface area contributed by atoms with Crippen molar-refractivity contribution in [3.05, 3.63) is 22.7 Å². The van der Waals surface area contributed by atoms with Gasteiger partial charge >= 0.3 is 0 Å².